The zero-order valence-corrected chi connectivity index (χ0v) is 10.8. The summed E-state index contributed by atoms with van der Waals surface area (Å²) in [5.74, 6) is -2.27. The van der Waals surface area contributed by atoms with E-state index in [2.05, 4.69) is 0 Å². The minimum absolute atomic E-state index is 0.0638. The molecule has 1 aromatic heterocycles. The number of carbonyl (C=O) groups excluding carboxylic acids is 2. The molecule has 2 unspecified atom stereocenters. The fourth-order valence-corrected chi connectivity index (χ4v) is 2.61. The smallest absolute Gasteiger partial charge is 0.352 e. The highest BCUT2D eigenvalue weighted by Crippen LogP contribution is 2.47. The van der Waals surface area contributed by atoms with Crippen LogP contribution in [0.4, 0.5) is 0 Å². The van der Waals surface area contributed by atoms with Crippen LogP contribution >= 0.6 is 0 Å². The lowest BCUT2D eigenvalue weighted by Crippen LogP contribution is -2.50. The van der Waals surface area contributed by atoms with E-state index in [0.717, 1.165) is 0 Å². The average Bonchev–Trinajstić information content (AvgIpc) is 3.09. The number of rotatable bonds is 3. The summed E-state index contributed by atoms with van der Waals surface area (Å²) < 4.78 is 20.4. The first-order chi connectivity index (χ1) is 9.57. The van der Waals surface area contributed by atoms with E-state index in [1.807, 2.05) is 0 Å². The lowest BCUT2D eigenvalue weighted by Gasteiger charge is -2.21. The van der Waals surface area contributed by atoms with Crippen LogP contribution in [0.5, 0.6) is 0 Å². The first-order valence-electron chi connectivity index (χ1n) is 6.37. The van der Waals surface area contributed by atoms with E-state index in [1.54, 1.807) is 19.1 Å². The maximum absolute atomic E-state index is 11.9. The Hall–Kier alpha value is -1.86. The zero-order valence-electron chi connectivity index (χ0n) is 10.8. The molecule has 0 radical (unpaired) electrons. The largest absolute Gasteiger partial charge is 0.467 e. The molecule has 2 saturated heterocycles. The Morgan fingerprint density at radius 1 is 1.60 bits per heavy atom. The van der Waals surface area contributed by atoms with Gasteiger partial charge in [0.2, 0.25) is 6.29 Å². The predicted octanol–water partition coefficient (Wildman–Crippen LogP) is 0.534. The average molecular weight is 282 g/mol. The van der Waals surface area contributed by atoms with E-state index in [4.69, 9.17) is 18.6 Å². The van der Waals surface area contributed by atoms with E-state index in [0.29, 0.717) is 5.76 Å². The number of hydrogen-bond donors (Lipinski definition) is 1. The molecule has 4 atom stereocenters. The second-order valence-electron chi connectivity index (χ2n) is 4.74. The van der Waals surface area contributed by atoms with Gasteiger partial charge in [0.25, 0.3) is 5.60 Å². The van der Waals surface area contributed by atoms with Crippen LogP contribution in [0.15, 0.2) is 22.8 Å². The lowest BCUT2D eigenvalue weighted by molar-refractivity contribution is -0.181. The van der Waals surface area contributed by atoms with Crippen LogP contribution < -0.4 is 0 Å². The summed E-state index contributed by atoms with van der Waals surface area (Å²) in [5.41, 5.74) is -2.30. The Balaban J connectivity index is 1.84. The molecule has 2 aliphatic heterocycles. The van der Waals surface area contributed by atoms with Gasteiger partial charge in [0.05, 0.1) is 18.8 Å². The van der Waals surface area contributed by atoms with Gasteiger partial charge in [0.1, 0.15) is 11.9 Å². The van der Waals surface area contributed by atoms with Crippen molar-refractivity contribution in [1.82, 2.24) is 0 Å². The molecule has 0 spiro atoms. The van der Waals surface area contributed by atoms with E-state index in [9.17, 15) is 14.7 Å². The van der Waals surface area contributed by atoms with Crippen molar-refractivity contribution in [3.05, 3.63) is 24.2 Å². The highest BCUT2D eigenvalue weighted by atomic mass is 16.7. The van der Waals surface area contributed by atoms with Gasteiger partial charge in [0.15, 0.2) is 0 Å². The van der Waals surface area contributed by atoms with Gasteiger partial charge in [-0.2, -0.15) is 0 Å². The Kier molecular flexibility index (Phi) is 3.02. The van der Waals surface area contributed by atoms with Gasteiger partial charge in [-0.1, -0.05) is 0 Å². The number of carbonyl (C=O) groups is 2. The number of fused-ring (bicyclic) bond motifs is 1. The molecule has 0 aliphatic carbocycles. The fraction of sp³-hybridized carbons (Fsp3) is 0.538. The highest BCUT2D eigenvalue weighted by molar-refractivity contribution is 6.05. The van der Waals surface area contributed by atoms with Crippen LogP contribution in [0.3, 0.4) is 0 Å². The molecule has 2 aliphatic rings. The maximum Gasteiger partial charge on any atom is 0.352 e. The quantitative estimate of drug-likeness (QED) is 0.638. The summed E-state index contributed by atoms with van der Waals surface area (Å²) >= 11 is 0. The van der Waals surface area contributed by atoms with Gasteiger partial charge in [-0.05, 0) is 25.5 Å². The first kappa shape index (κ1) is 13.1. The van der Waals surface area contributed by atoms with Crippen LogP contribution in [0.2, 0.25) is 0 Å². The van der Waals surface area contributed by atoms with E-state index >= 15 is 0 Å². The van der Waals surface area contributed by atoms with Crippen LogP contribution in [0.25, 0.3) is 0 Å². The summed E-state index contributed by atoms with van der Waals surface area (Å²) in [5, 5.41) is 10.4. The summed E-state index contributed by atoms with van der Waals surface area (Å²) in [4.78, 5) is 23.6. The standard InChI is InChI=1S/C13H14O7/c1-2-17-11(14)13(16)7-6-9(8-4-3-5-18-8)19-10(7)20-12(13)15/h3-5,7,9-10,16H,2,6H2,1H3/t7?,9-,10?,13+/m0/s1. The summed E-state index contributed by atoms with van der Waals surface area (Å²) in [6, 6.07) is 3.42. The molecule has 7 heteroatoms. The third kappa shape index (κ3) is 1.74. The maximum atomic E-state index is 11.9. The SMILES string of the molecule is CCOC(=O)[C@@]1(O)C(=O)OC2O[C@H](c3ccco3)CC21. The number of hydrogen-bond acceptors (Lipinski definition) is 7. The molecular formula is C13H14O7. The van der Waals surface area contributed by atoms with Crippen molar-refractivity contribution in [1.29, 1.82) is 0 Å². The fourth-order valence-electron chi connectivity index (χ4n) is 2.61. The van der Waals surface area contributed by atoms with Crippen molar-refractivity contribution < 1.29 is 33.3 Å². The predicted molar refractivity (Wildman–Crippen MR) is 62.1 cm³/mol. The molecule has 3 heterocycles. The van der Waals surface area contributed by atoms with E-state index in [-0.39, 0.29) is 13.0 Å². The first-order valence-corrected chi connectivity index (χ1v) is 6.37. The van der Waals surface area contributed by atoms with Gasteiger partial charge in [-0.3, -0.25) is 0 Å². The van der Waals surface area contributed by atoms with Gasteiger partial charge in [-0.15, -0.1) is 0 Å². The third-order valence-electron chi connectivity index (χ3n) is 3.61. The van der Waals surface area contributed by atoms with Crippen LogP contribution in [-0.2, 0) is 23.8 Å². The van der Waals surface area contributed by atoms with Crippen molar-refractivity contribution in [2.24, 2.45) is 5.92 Å². The molecule has 108 valence electrons. The van der Waals surface area contributed by atoms with E-state index < -0.39 is 35.9 Å². The number of aliphatic hydroxyl groups is 1. The Labute approximate surface area is 114 Å². The summed E-state index contributed by atoms with van der Waals surface area (Å²) in [7, 11) is 0. The van der Waals surface area contributed by atoms with E-state index in [1.165, 1.54) is 6.26 Å². The lowest BCUT2D eigenvalue weighted by atomic mass is 9.86. The van der Waals surface area contributed by atoms with Crippen LogP contribution in [-0.4, -0.2) is 35.5 Å². The number of esters is 2. The molecule has 0 aromatic carbocycles. The minimum atomic E-state index is -2.30. The monoisotopic (exact) mass is 282 g/mol. The van der Waals surface area contributed by atoms with Crippen molar-refractivity contribution in [3.8, 4) is 0 Å². The van der Waals surface area contributed by atoms with Crippen molar-refractivity contribution in [3.63, 3.8) is 0 Å². The van der Waals surface area contributed by atoms with Gasteiger partial charge < -0.3 is 23.7 Å². The number of furan rings is 1. The molecular weight excluding hydrogens is 268 g/mol. The Bertz CT molecular complexity index is 523. The molecule has 1 N–H and O–H groups in total. The van der Waals surface area contributed by atoms with Crippen molar-refractivity contribution in [2.45, 2.75) is 31.3 Å². The van der Waals surface area contributed by atoms with Crippen LogP contribution in [0, 0.1) is 5.92 Å². The molecule has 3 rings (SSSR count). The normalized spacial score (nSPS) is 35.7. The second kappa shape index (κ2) is 4.60. The van der Waals surface area contributed by atoms with Gasteiger partial charge >= 0.3 is 11.9 Å². The Morgan fingerprint density at radius 3 is 3.05 bits per heavy atom. The van der Waals surface area contributed by atoms with Gasteiger partial charge in [0, 0.05) is 0 Å². The molecule has 1 aromatic rings. The Morgan fingerprint density at radius 2 is 2.40 bits per heavy atom. The molecule has 7 nitrogen and oxygen atoms in total. The molecule has 0 saturated carbocycles. The minimum Gasteiger partial charge on any atom is -0.467 e. The molecule has 0 amide bonds. The number of ether oxygens (including phenoxy) is 3. The highest BCUT2D eigenvalue weighted by Gasteiger charge is 2.66. The third-order valence-corrected chi connectivity index (χ3v) is 3.61. The van der Waals surface area contributed by atoms with Gasteiger partial charge in [-0.25, -0.2) is 9.59 Å². The van der Waals surface area contributed by atoms with Crippen molar-refractivity contribution in [2.75, 3.05) is 6.61 Å². The second-order valence-corrected chi connectivity index (χ2v) is 4.74. The zero-order chi connectivity index (χ0) is 14.3. The molecule has 0 bridgehead atoms. The van der Waals surface area contributed by atoms with Crippen LogP contribution in [0.1, 0.15) is 25.2 Å². The topological polar surface area (TPSA) is 95.2 Å². The molecule has 2 fully saturated rings. The summed E-state index contributed by atoms with van der Waals surface area (Å²) in [6.45, 7) is 1.66. The van der Waals surface area contributed by atoms with Crippen molar-refractivity contribution >= 4 is 11.9 Å². The summed E-state index contributed by atoms with van der Waals surface area (Å²) in [6.07, 6.45) is 0.302. The molecule has 20 heavy (non-hydrogen) atoms.